The molecule has 1 aliphatic heterocycles. The zero-order valence-corrected chi connectivity index (χ0v) is 9.76. The first-order valence-corrected chi connectivity index (χ1v) is 5.88. The van der Waals surface area contributed by atoms with Crippen LogP contribution in [0.25, 0.3) is 0 Å². The summed E-state index contributed by atoms with van der Waals surface area (Å²) in [4.78, 5) is 2.35. The number of likely N-dealkylation sites (tertiary alicyclic amines) is 1. The van der Waals surface area contributed by atoms with Crippen molar-refractivity contribution in [1.29, 1.82) is 0 Å². The molecule has 1 heterocycles. The van der Waals surface area contributed by atoms with Crippen LogP contribution in [-0.4, -0.2) is 36.7 Å². The summed E-state index contributed by atoms with van der Waals surface area (Å²) < 4.78 is 0. The Kier molecular flexibility index (Phi) is 3.46. The number of hydrogen-bond donors (Lipinski definition) is 2. The number of aromatic hydroxyl groups is 1. The molecule has 1 fully saturated rings. The van der Waals surface area contributed by atoms with E-state index in [0.717, 1.165) is 6.54 Å². The van der Waals surface area contributed by atoms with Crippen molar-refractivity contribution in [3.05, 3.63) is 29.8 Å². The maximum absolute atomic E-state index is 9.28. The first-order valence-electron chi connectivity index (χ1n) is 5.88. The number of rotatable bonds is 3. The molecule has 1 saturated heterocycles. The van der Waals surface area contributed by atoms with Crippen molar-refractivity contribution >= 4 is 0 Å². The molecule has 0 aliphatic carbocycles. The van der Waals surface area contributed by atoms with Crippen molar-refractivity contribution in [1.82, 2.24) is 4.90 Å². The van der Waals surface area contributed by atoms with Crippen molar-refractivity contribution in [3.63, 3.8) is 0 Å². The summed E-state index contributed by atoms with van der Waals surface area (Å²) in [6.45, 7) is 2.98. The lowest BCUT2D eigenvalue weighted by atomic mass is 9.85. The molecule has 0 spiro atoms. The van der Waals surface area contributed by atoms with E-state index in [1.54, 1.807) is 12.1 Å². The Hall–Kier alpha value is -1.06. The van der Waals surface area contributed by atoms with Gasteiger partial charge in [0.25, 0.3) is 0 Å². The second-order valence-electron chi connectivity index (χ2n) is 4.74. The molecular weight excluding hydrogens is 200 g/mol. The van der Waals surface area contributed by atoms with Crippen LogP contribution in [0, 0.1) is 5.92 Å². The van der Waals surface area contributed by atoms with Crippen LogP contribution in [-0.2, 0) is 0 Å². The predicted molar refractivity (Wildman–Crippen MR) is 65.5 cm³/mol. The van der Waals surface area contributed by atoms with Crippen molar-refractivity contribution in [2.75, 3.05) is 26.7 Å². The van der Waals surface area contributed by atoms with Crippen molar-refractivity contribution in [3.8, 4) is 5.75 Å². The molecule has 3 heteroatoms. The van der Waals surface area contributed by atoms with Crippen molar-refractivity contribution in [2.24, 2.45) is 11.7 Å². The van der Waals surface area contributed by atoms with E-state index in [-0.39, 0.29) is 0 Å². The summed E-state index contributed by atoms with van der Waals surface area (Å²) in [5.41, 5.74) is 7.14. The summed E-state index contributed by atoms with van der Waals surface area (Å²) in [7, 11) is 2.16. The van der Waals surface area contributed by atoms with Gasteiger partial charge in [-0.2, -0.15) is 0 Å². The fourth-order valence-corrected chi connectivity index (χ4v) is 2.62. The molecule has 1 aliphatic rings. The second kappa shape index (κ2) is 4.85. The summed E-state index contributed by atoms with van der Waals surface area (Å²) in [5.74, 6) is 1.40. The first kappa shape index (κ1) is 11.4. The predicted octanol–water partition coefficient (Wildman–Crippen LogP) is 1.39. The smallest absolute Gasteiger partial charge is 0.115 e. The minimum Gasteiger partial charge on any atom is -0.508 e. The fourth-order valence-electron chi connectivity index (χ4n) is 2.62. The number of nitrogens with zero attached hydrogens (tertiary/aromatic N) is 1. The minimum absolute atomic E-state index is 0.322. The van der Waals surface area contributed by atoms with E-state index in [1.165, 1.54) is 18.5 Å². The van der Waals surface area contributed by atoms with Gasteiger partial charge in [0, 0.05) is 12.5 Å². The second-order valence-corrected chi connectivity index (χ2v) is 4.74. The molecule has 0 amide bonds. The molecule has 1 aromatic rings. The van der Waals surface area contributed by atoms with Crippen LogP contribution in [0.3, 0.4) is 0 Å². The van der Waals surface area contributed by atoms with E-state index in [9.17, 15) is 5.11 Å². The normalized spacial score (nSPS) is 23.5. The lowest BCUT2D eigenvalue weighted by molar-refractivity contribution is 0.371. The number of phenols is 1. The van der Waals surface area contributed by atoms with E-state index >= 15 is 0 Å². The standard InChI is InChI=1S/C13H20N2O/c1-15-7-6-11(9-15)13(8-14)10-2-4-12(16)5-3-10/h2-5,11,13,16H,6-9,14H2,1H3. The molecular formula is C13H20N2O. The van der Waals surface area contributed by atoms with Crippen LogP contribution in [0.1, 0.15) is 17.9 Å². The molecule has 16 heavy (non-hydrogen) atoms. The summed E-state index contributed by atoms with van der Waals surface area (Å²) in [6, 6.07) is 7.48. The highest BCUT2D eigenvalue weighted by Gasteiger charge is 2.27. The van der Waals surface area contributed by atoms with Gasteiger partial charge in [-0.25, -0.2) is 0 Å². The molecule has 0 saturated carbocycles. The SMILES string of the molecule is CN1CCC(C(CN)c2ccc(O)cc2)C1. The Morgan fingerprint density at radius 2 is 2.12 bits per heavy atom. The van der Waals surface area contributed by atoms with Gasteiger partial charge in [-0.05, 0) is 50.2 Å². The fraction of sp³-hybridized carbons (Fsp3) is 0.538. The van der Waals surface area contributed by atoms with Gasteiger partial charge in [0.05, 0.1) is 0 Å². The lowest BCUT2D eigenvalue weighted by Crippen LogP contribution is -2.24. The van der Waals surface area contributed by atoms with E-state index in [1.807, 2.05) is 12.1 Å². The number of hydrogen-bond acceptors (Lipinski definition) is 3. The van der Waals surface area contributed by atoms with Crippen LogP contribution < -0.4 is 5.73 Å². The van der Waals surface area contributed by atoms with E-state index in [2.05, 4.69) is 11.9 Å². The van der Waals surface area contributed by atoms with Gasteiger partial charge in [0.2, 0.25) is 0 Å². The van der Waals surface area contributed by atoms with Crippen LogP contribution in [0.15, 0.2) is 24.3 Å². The number of phenolic OH excluding ortho intramolecular Hbond substituents is 1. The average Bonchev–Trinajstić information content (AvgIpc) is 2.69. The lowest BCUT2D eigenvalue weighted by Gasteiger charge is -2.22. The van der Waals surface area contributed by atoms with E-state index < -0.39 is 0 Å². The number of nitrogens with two attached hydrogens (primary N) is 1. The molecule has 2 unspecified atom stereocenters. The van der Waals surface area contributed by atoms with Gasteiger partial charge in [0.15, 0.2) is 0 Å². The van der Waals surface area contributed by atoms with Crippen LogP contribution in [0.4, 0.5) is 0 Å². The highest BCUT2D eigenvalue weighted by Crippen LogP contribution is 2.31. The Balaban J connectivity index is 2.13. The highest BCUT2D eigenvalue weighted by atomic mass is 16.3. The Labute approximate surface area is 96.9 Å². The molecule has 3 N–H and O–H groups in total. The largest absolute Gasteiger partial charge is 0.508 e. The molecule has 2 atom stereocenters. The monoisotopic (exact) mass is 220 g/mol. The zero-order valence-electron chi connectivity index (χ0n) is 9.76. The molecule has 2 rings (SSSR count). The zero-order chi connectivity index (χ0) is 11.5. The molecule has 0 bridgehead atoms. The third-order valence-corrected chi connectivity index (χ3v) is 3.57. The number of benzene rings is 1. The third kappa shape index (κ3) is 2.36. The van der Waals surface area contributed by atoms with E-state index in [0.29, 0.717) is 24.1 Å². The minimum atomic E-state index is 0.322. The Morgan fingerprint density at radius 3 is 2.62 bits per heavy atom. The average molecular weight is 220 g/mol. The summed E-state index contributed by atoms with van der Waals surface area (Å²) >= 11 is 0. The van der Waals surface area contributed by atoms with Gasteiger partial charge in [-0.15, -0.1) is 0 Å². The summed E-state index contributed by atoms with van der Waals surface area (Å²) in [6.07, 6.45) is 1.22. The van der Waals surface area contributed by atoms with Gasteiger partial charge in [0.1, 0.15) is 5.75 Å². The van der Waals surface area contributed by atoms with Crippen LogP contribution in [0.2, 0.25) is 0 Å². The maximum Gasteiger partial charge on any atom is 0.115 e. The van der Waals surface area contributed by atoms with Crippen LogP contribution >= 0.6 is 0 Å². The van der Waals surface area contributed by atoms with Crippen molar-refractivity contribution < 1.29 is 5.11 Å². The van der Waals surface area contributed by atoms with Gasteiger partial charge in [-0.1, -0.05) is 12.1 Å². The molecule has 0 radical (unpaired) electrons. The molecule has 0 aromatic heterocycles. The van der Waals surface area contributed by atoms with Gasteiger partial charge >= 0.3 is 0 Å². The Bertz CT molecular complexity index is 336. The quantitative estimate of drug-likeness (QED) is 0.809. The molecule has 3 nitrogen and oxygen atoms in total. The van der Waals surface area contributed by atoms with E-state index in [4.69, 9.17) is 5.73 Å². The van der Waals surface area contributed by atoms with Gasteiger partial charge in [-0.3, -0.25) is 0 Å². The van der Waals surface area contributed by atoms with Crippen molar-refractivity contribution in [2.45, 2.75) is 12.3 Å². The summed E-state index contributed by atoms with van der Waals surface area (Å²) in [5, 5.41) is 9.28. The molecule has 88 valence electrons. The first-order chi connectivity index (χ1) is 7.70. The maximum atomic E-state index is 9.28. The van der Waals surface area contributed by atoms with Crippen LogP contribution in [0.5, 0.6) is 5.75 Å². The third-order valence-electron chi connectivity index (χ3n) is 3.57. The molecule has 1 aromatic carbocycles. The highest BCUT2D eigenvalue weighted by molar-refractivity contribution is 5.29. The Morgan fingerprint density at radius 1 is 1.44 bits per heavy atom. The van der Waals surface area contributed by atoms with Gasteiger partial charge < -0.3 is 15.7 Å². The topological polar surface area (TPSA) is 49.5 Å².